The molecule has 0 saturated heterocycles. The summed E-state index contributed by atoms with van der Waals surface area (Å²) in [6.07, 6.45) is 1.99. The maximum atomic E-state index is 11.7. The van der Waals surface area contributed by atoms with Gasteiger partial charge in [-0.3, -0.25) is 9.59 Å². The molecule has 0 unspecified atom stereocenters. The SMILES string of the molecule is CC(=O)c1cc2c(cc1NC(=O)C/C=C/C(=O)O)OCO2. The first kappa shape index (κ1) is 14.6. The van der Waals surface area contributed by atoms with E-state index >= 15 is 0 Å². The van der Waals surface area contributed by atoms with Gasteiger partial charge in [0, 0.05) is 24.1 Å². The maximum Gasteiger partial charge on any atom is 0.327 e. The highest BCUT2D eigenvalue weighted by molar-refractivity contribution is 6.04. The zero-order chi connectivity index (χ0) is 15.4. The molecule has 21 heavy (non-hydrogen) atoms. The van der Waals surface area contributed by atoms with Gasteiger partial charge in [-0.05, 0) is 13.0 Å². The molecule has 0 aliphatic carbocycles. The van der Waals surface area contributed by atoms with Crippen molar-refractivity contribution in [3.8, 4) is 11.5 Å². The Morgan fingerprint density at radius 3 is 2.57 bits per heavy atom. The molecular formula is C14H13NO6. The summed E-state index contributed by atoms with van der Waals surface area (Å²) in [5, 5.41) is 11.0. The van der Waals surface area contributed by atoms with Crippen LogP contribution in [-0.4, -0.2) is 29.6 Å². The standard InChI is InChI=1S/C14H13NO6/c1-8(16)9-5-11-12(21-7-20-11)6-10(9)15-13(17)3-2-4-14(18)19/h2,4-6H,3,7H2,1H3,(H,15,17)(H,18,19)/b4-2+. The van der Waals surface area contributed by atoms with Crippen LogP contribution in [0, 0.1) is 0 Å². The molecule has 7 nitrogen and oxygen atoms in total. The second-order valence-corrected chi connectivity index (χ2v) is 4.30. The number of ketones is 1. The number of fused-ring (bicyclic) bond motifs is 1. The Morgan fingerprint density at radius 1 is 1.29 bits per heavy atom. The Hall–Kier alpha value is -2.83. The molecule has 110 valence electrons. The van der Waals surface area contributed by atoms with Crippen molar-refractivity contribution in [1.82, 2.24) is 0 Å². The van der Waals surface area contributed by atoms with Crippen molar-refractivity contribution in [2.75, 3.05) is 12.1 Å². The molecule has 1 amide bonds. The minimum atomic E-state index is -1.13. The Bertz CT molecular complexity index is 635. The van der Waals surface area contributed by atoms with E-state index in [1.165, 1.54) is 25.1 Å². The Morgan fingerprint density at radius 2 is 1.95 bits per heavy atom. The van der Waals surface area contributed by atoms with E-state index in [9.17, 15) is 14.4 Å². The van der Waals surface area contributed by atoms with Crippen LogP contribution >= 0.6 is 0 Å². The van der Waals surface area contributed by atoms with Gasteiger partial charge >= 0.3 is 5.97 Å². The molecule has 1 aliphatic heterocycles. The Balaban J connectivity index is 2.17. The van der Waals surface area contributed by atoms with Crippen molar-refractivity contribution >= 4 is 23.3 Å². The number of hydrogen-bond acceptors (Lipinski definition) is 5. The van der Waals surface area contributed by atoms with Crippen molar-refractivity contribution in [1.29, 1.82) is 0 Å². The van der Waals surface area contributed by atoms with Crippen molar-refractivity contribution in [3.63, 3.8) is 0 Å². The number of Topliss-reactive ketones (excluding diaryl/α,β-unsaturated/α-hetero) is 1. The van der Waals surface area contributed by atoms with E-state index in [1.54, 1.807) is 0 Å². The largest absolute Gasteiger partial charge is 0.478 e. The van der Waals surface area contributed by atoms with Crippen LogP contribution in [0.3, 0.4) is 0 Å². The van der Waals surface area contributed by atoms with Crippen LogP contribution in [0.2, 0.25) is 0 Å². The van der Waals surface area contributed by atoms with Gasteiger partial charge in [-0.25, -0.2) is 4.79 Å². The molecule has 1 heterocycles. The average molecular weight is 291 g/mol. The number of carboxylic acids is 1. The number of nitrogens with one attached hydrogen (secondary N) is 1. The van der Waals surface area contributed by atoms with Gasteiger partial charge < -0.3 is 19.9 Å². The normalized spacial score (nSPS) is 12.4. The fraction of sp³-hybridized carbons (Fsp3) is 0.214. The first-order valence-corrected chi connectivity index (χ1v) is 6.11. The highest BCUT2D eigenvalue weighted by Crippen LogP contribution is 2.37. The predicted molar refractivity (Wildman–Crippen MR) is 72.6 cm³/mol. The molecule has 0 fully saturated rings. The van der Waals surface area contributed by atoms with Gasteiger partial charge in [-0.1, -0.05) is 6.08 Å². The third kappa shape index (κ3) is 3.59. The lowest BCUT2D eigenvalue weighted by Crippen LogP contribution is -2.13. The van der Waals surface area contributed by atoms with Gasteiger partial charge in [0.15, 0.2) is 17.3 Å². The molecule has 1 aromatic rings. The molecule has 2 N–H and O–H groups in total. The zero-order valence-electron chi connectivity index (χ0n) is 11.2. The summed E-state index contributed by atoms with van der Waals surface area (Å²) in [5.41, 5.74) is 0.607. The van der Waals surface area contributed by atoms with E-state index in [1.807, 2.05) is 0 Å². The van der Waals surface area contributed by atoms with Gasteiger partial charge in [0.05, 0.1) is 5.69 Å². The number of anilines is 1. The number of aliphatic carboxylic acids is 1. The monoisotopic (exact) mass is 291 g/mol. The number of rotatable bonds is 5. The molecule has 0 saturated carbocycles. The third-order valence-electron chi connectivity index (χ3n) is 2.73. The summed E-state index contributed by atoms with van der Waals surface area (Å²) in [5.74, 6) is -0.908. The lowest BCUT2D eigenvalue weighted by atomic mass is 10.1. The quantitative estimate of drug-likeness (QED) is 0.631. The summed E-state index contributed by atoms with van der Waals surface area (Å²) in [4.78, 5) is 33.7. The second-order valence-electron chi connectivity index (χ2n) is 4.30. The van der Waals surface area contributed by atoms with Crippen molar-refractivity contribution < 1.29 is 29.0 Å². The van der Waals surface area contributed by atoms with Crippen LogP contribution in [0.1, 0.15) is 23.7 Å². The molecule has 0 spiro atoms. The van der Waals surface area contributed by atoms with E-state index in [0.29, 0.717) is 22.7 Å². The molecule has 1 aliphatic rings. The first-order valence-electron chi connectivity index (χ1n) is 6.11. The molecule has 1 aromatic carbocycles. The van der Waals surface area contributed by atoms with Crippen molar-refractivity contribution in [2.45, 2.75) is 13.3 Å². The number of ether oxygens (including phenoxy) is 2. The zero-order valence-corrected chi connectivity index (χ0v) is 11.2. The number of carboxylic acid groups (broad SMARTS) is 1. The van der Waals surface area contributed by atoms with Crippen molar-refractivity contribution in [3.05, 3.63) is 29.8 Å². The number of hydrogen-bond donors (Lipinski definition) is 2. The minimum absolute atomic E-state index is 0.0609. The summed E-state index contributed by atoms with van der Waals surface area (Å²) >= 11 is 0. The predicted octanol–water partition coefficient (Wildman–Crippen LogP) is 1.59. The summed E-state index contributed by atoms with van der Waals surface area (Å²) in [6, 6.07) is 3.02. The Kier molecular flexibility index (Phi) is 4.22. The van der Waals surface area contributed by atoms with E-state index in [2.05, 4.69) is 5.32 Å². The molecular weight excluding hydrogens is 278 g/mol. The van der Waals surface area contributed by atoms with Gasteiger partial charge in [0.1, 0.15) is 0 Å². The Labute approximate surface area is 120 Å². The van der Waals surface area contributed by atoms with E-state index in [4.69, 9.17) is 14.6 Å². The molecule has 2 rings (SSSR count). The van der Waals surface area contributed by atoms with Crippen LogP contribution in [0.15, 0.2) is 24.3 Å². The fourth-order valence-electron chi connectivity index (χ4n) is 1.80. The average Bonchev–Trinajstić information content (AvgIpc) is 2.84. The minimum Gasteiger partial charge on any atom is -0.478 e. The van der Waals surface area contributed by atoms with E-state index in [-0.39, 0.29) is 19.0 Å². The summed E-state index contributed by atoms with van der Waals surface area (Å²) in [6.45, 7) is 1.43. The van der Waals surface area contributed by atoms with E-state index < -0.39 is 11.9 Å². The maximum absolute atomic E-state index is 11.7. The highest BCUT2D eigenvalue weighted by atomic mass is 16.7. The number of carbonyl (C=O) groups is 3. The van der Waals surface area contributed by atoms with Gasteiger partial charge in [-0.15, -0.1) is 0 Å². The van der Waals surface area contributed by atoms with Crippen molar-refractivity contribution in [2.24, 2.45) is 0 Å². The molecule has 7 heteroatoms. The van der Waals surface area contributed by atoms with Gasteiger partial charge in [0.25, 0.3) is 0 Å². The lowest BCUT2D eigenvalue weighted by molar-refractivity contribution is -0.131. The van der Waals surface area contributed by atoms with Crippen LogP contribution in [0.5, 0.6) is 11.5 Å². The van der Waals surface area contributed by atoms with Crippen LogP contribution in [0.4, 0.5) is 5.69 Å². The smallest absolute Gasteiger partial charge is 0.327 e. The van der Waals surface area contributed by atoms with Crippen LogP contribution in [-0.2, 0) is 9.59 Å². The molecule has 0 aromatic heterocycles. The summed E-state index contributed by atoms with van der Waals surface area (Å²) in [7, 11) is 0. The third-order valence-corrected chi connectivity index (χ3v) is 2.73. The fourth-order valence-corrected chi connectivity index (χ4v) is 1.80. The second kappa shape index (κ2) is 6.08. The number of amides is 1. The molecule has 0 atom stereocenters. The molecule has 0 bridgehead atoms. The number of carbonyl (C=O) groups excluding carboxylic acids is 2. The topological polar surface area (TPSA) is 102 Å². The van der Waals surface area contributed by atoms with Gasteiger partial charge in [0.2, 0.25) is 12.7 Å². The van der Waals surface area contributed by atoms with Crippen LogP contribution in [0.25, 0.3) is 0 Å². The van der Waals surface area contributed by atoms with E-state index in [0.717, 1.165) is 6.08 Å². The lowest BCUT2D eigenvalue weighted by Gasteiger charge is -2.09. The summed E-state index contributed by atoms with van der Waals surface area (Å²) < 4.78 is 10.4. The molecule has 0 radical (unpaired) electrons. The number of benzene rings is 1. The highest BCUT2D eigenvalue weighted by Gasteiger charge is 2.20. The van der Waals surface area contributed by atoms with Crippen LogP contribution < -0.4 is 14.8 Å². The van der Waals surface area contributed by atoms with Gasteiger partial charge in [-0.2, -0.15) is 0 Å². The first-order chi connectivity index (χ1) is 9.97.